The van der Waals surface area contributed by atoms with E-state index in [1.54, 1.807) is 0 Å². The fourth-order valence-corrected chi connectivity index (χ4v) is 0.204. The molecule has 0 aliphatic rings. The van der Waals surface area contributed by atoms with E-state index in [0.29, 0.717) is 0 Å². The van der Waals surface area contributed by atoms with Crippen molar-refractivity contribution >= 4 is 0 Å². The maximum atomic E-state index is 2.99. The van der Waals surface area contributed by atoms with E-state index in [1.165, 1.54) is 0 Å². The predicted molar refractivity (Wildman–Crippen MR) is 23.8 cm³/mol. The Labute approximate surface area is 51.8 Å². The van der Waals surface area contributed by atoms with Gasteiger partial charge in [-0.3, -0.25) is 6.08 Å². The average Bonchev–Trinajstić information content (AvgIpc) is 1.41. The van der Waals surface area contributed by atoms with Crippen LogP contribution in [0.1, 0.15) is 20.3 Å². The van der Waals surface area contributed by atoms with Gasteiger partial charge in [-0.05, 0) is 0 Å². The van der Waals surface area contributed by atoms with Crippen LogP contribution in [0.2, 0.25) is 0 Å². The van der Waals surface area contributed by atoms with Crippen molar-refractivity contribution in [2.45, 2.75) is 20.3 Å². The van der Waals surface area contributed by atoms with E-state index in [0.717, 1.165) is 6.42 Å². The predicted octanol–water partition coefficient (Wildman–Crippen LogP) is -1.22. The molecule has 0 fully saturated rings. The summed E-state index contributed by atoms with van der Waals surface area (Å²) in [5, 5.41) is 0. The molecular weight excluding hydrogens is 67.0 g/mol. The van der Waals surface area contributed by atoms with E-state index >= 15 is 0 Å². The second kappa shape index (κ2) is 9.02. The van der Waals surface area contributed by atoms with Crippen molar-refractivity contribution in [1.82, 2.24) is 0 Å². The molecule has 0 radical (unpaired) electrons. The summed E-state index contributed by atoms with van der Waals surface area (Å²) in [7, 11) is 0. The van der Waals surface area contributed by atoms with Crippen LogP contribution in [0.3, 0.4) is 0 Å². The minimum absolute atomic E-state index is 0. The quantitative estimate of drug-likeness (QED) is 0.271. The Bertz CT molecular complexity index is 30.9. The maximum Gasteiger partial charge on any atom is 1.00 e. The standard InChI is InChI=1S/C5H9.Li/c1-3-5-4-2;/h3H,4H2,1-2H3;/q-1;+1. The van der Waals surface area contributed by atoms with Gasteiger partial charge >= 0.3 is 18.9 Å². The van der Waals surface area contributed by atoms with Crippen molar-refractivity contribution in [2.24, 2.45) is 0 Å². The molecule has 0 aromatic heterocycles. The minimum Gasteiger partial charge on any atom is -0.501 e. The van der Waals surface area contributed by atoms with Gasteiger partial charge in [0.1, 0.15) is 0 Å². The third-order valence-electron chi connectivity index (χ3n) is 0.408. The second-order valence-electron chi connectivity index (χ2n) is 0.846. The van der Waals surface area contributed by atoms with E-state index in [2.05, 4.69) is 13.0 Å². The van der Waals surface area contributed by atoms with Crippen LogP contribution in [0, 0.1) is 6.08 Å². The Morgan fingerprint density at radius 1 is 1.67 bits per heavy atom. The molecule has 0 saturated heterocycles. The SMILES string of the molecule is CC=[C-]CC.[Li+]. The van der Waals surface area contributed by atoms with Crippen LogP contribution >= 0.6 is 0 Å². The molecule has 0 atom stereocenters. The smallest absolute Gasteiger partial charge is 0.501 e. The maximum absolute atomic E-state index is 2.99. The molecule has 0 nitrogen and oxygen atoms in total. The van der Waals surface area contributed by atoms with Crippen molar-refractivity contribution < 1.29 is 18.9 Å². The molecule has 1 heteroatoms. The van der Waals surface area contributed by atoms with Gasteiger partial charge in [-0.2, -0.15) is 6.42 Å². The summed E-state index contributed by atoms with van der Waals surface area (Å²) in [6.07, 6.45) is 5.95. The van der Waals surface area contributed by atoms with Crippen LogP contribution < -0.4 is 18.9 Å². The molecule has 0 unspecified atom stereocenters. The molecule has 0 heterocycles. The molecular formula is C5H9Li. The summed E-state index contributed by atoms with van der Waals surface area (Å²) < 4.78 is 0. The van der Waals surface area contributed by atoms with Crippen molar-refractivity contribution in [3.63, 3.8) is 0 Å². The summed E-state index contributed by atoms with van der Waals surface area (Å²) in [6, 6.07) is 0. The first-order valence-electron chi connectivity index (χ1n) is 1.93. The van der Waals surface area contributed by atoms with Crippen LogP contribution in [0.5, 0.6) is 0 Å². The van der Waals surface area contributed by atoms with Gasteiger partial charge in [0.15, 0.2) is 0 Å². The van der Waals surface area contributed by atoms with Gasteiger partial charge in [-0.25, -0.2) is 0 Å². The van der Waals surface area contributed by atoms with Crippen molar-refractivity contribution in [1.29, 1.82) is 0 Å². The Balaban J connectivity index is 0. The van der Waals surface area contributed by atoms with E-state index in [-0.39, 0.29) is 18.9 Å². The third-order valence-corrected chi connectivity index (χ3v) is 0.408. The van der Waals surface area contributed by atoms with Crippen LogP contribution in [0.15, 0.2) is 6.08 Å². The topological polar surface area (TPSA) is 0 Å². The molecule has 0 rings (SSSR count). The Kier molecular flexibility index (Phi) is 14.4. The summed E-state index contributed by atoms with van der Waals surface area (Å²) >= 11 is 0. The van der Waals surface area contributed by atoms with Crippen LogP contribution in [0.4, 0.5) is 0 Å². The van der Waals surface area contributed by atoms with Gasteiger partial charge in [-0.15, -0.1) is 0 Å². The molecule has 0 spiro atoms. The Hall–Kier alpha value is 0.337. The molecule has 0 amide bonds. The summed E-state index contributed by atoms with van der Waals surface area (Å²) in [5.41, 5.74) is 0. The molecule has 0 aromatic carbocycles. The fourth-order valence-electron chi connectivity index (χ4n) is 0.204. The third kappa shape index (κ3) is 8.84. The van der Waals surface area contributed by atoms with Gasteiger partial charge in [0.2, 0.25) is 0 Å². The molecule has 30 valence electrons. The van der Waals surface area contributed by atoms with Gasteiger partial charge in [0, 0.05) is 0 Å². The van der Waals surface area contributed by atoms with Crippen LogP contribution in [0.25, 0.3) is 0 Å². The Morgan fingerprint density at radius 2 is 2.17 bits per heavy atom. The summed E-state index contributed by atoms with van der Waals surface area (Å²) in [4.78, 5) is 0. The van der Waals surface area contributed by atoms with E-state index in [9.17, 15) is 0 Å². The van der Waals surface area contributed by atoms with Crippen LogP contribution in [-0.4, -0.2) is 0 Å². The number of rotatable bonds is 1. The first-order chi connectivity index (χ1) is 2.41. The fraction of sp³-hybridized carbons (Fsp3) is 0.600. The molecule has 0 aromatic rings. The molecule has 0 saturated carbocycles. The number of hydrogen-bond donors (Lipinski definition) is 0. The van der Waals surface area contributed by atoms with E-state index in [1.807, 2.05) is 13.0 Å². The van der Waals surface area contributed by atoms with E-state index in [4.69, 9.17) is 0 Å². The van der Waals surface area contributed by atoms with Gasteiger partial charge in [-0.1, -0.05) is 13.8 Å². The summed E-state index contributed by atoms with van der Waals surface area (Å²) in [6.45, 7) is 4.05. The van der Waals surface area contributed by atoms with Gasteiger partial charge < -0.3 is 6.08 Å². The number of allylic oxidation sites excluding steroid dienone is 2. The molecule has 0 bridgehead atoms. The first kappa shape index (κ1) is 9.60. The molecule has 0 N–H and O–H groups in total. The largest absolute Gasteiger partial charge is 1.00 e. The zero-order valence-electron chi connectivity index (χ0n) is 4.78. The number of hydrogen-bond acceptors (Lipinski definition) is 0. The zero-order chi connectivity index (χ0) is 4.12. The molecule has 6 heavy (non-hydrogen) atoms. The Morgan fingerprint density at radius 3 is 2.17 bits per heavy atom. The van der Waals surface area contributed by atoms with Crippen molar-refractivity contribution in [3.8, 4) is 0 Å². The van der Waals surface area contributed by atoms with Gasteiger partial charge in [0.05, 0.1) is 0 Å². The first-order valence-corrected chi connectivity index (χ1v) is 1.93. The van der Waals surface area contributed by atoms with Crippen molar-refractivity contribution in [3.05, 3.63) is 12.2 Å². The average molecular weight is 76.1 g/mol. The van der Waals surface area contributed by atoms with Crippen molar-refractivity contribution in [2.75, 3.05) is 0 Å². The van der Waals surface area contributed by atoms with Crippen LogP contribution in [-0.2, 0) is 0 Å². The zero-order valence-corrected chi connectivity index (χ0v) is 4.78. The monoisotopic (exact) mass is 76.1 g/mol. The summed E-state index contributed by atoms with van der Waals surface area (Å²) in [5.74, 6) is 0. The second-order valence-corrected chi connectivity index (χ2v) is 0.846. The normalized spacial score (nSPS) is 8.33. The van der Waals surface area contributed by atoms with Gasteiger partial charge in [0.25, 0.3) is 0 Å². The molecule has 0 aliphatic heterocycles. The van der Waals surface area contributed by atoms with E-state index < -0.39 is 0 Å². The minimum atomic E-state index is 0. The molecule has 0 aliphatic carbocycles.